The third-order valence-corrected chi connectivity index (χ3v) is 3.43. The van der Waals surface area contributed by atoms with Gasteiger partial charge in [-0.1, -0.05) is 54.1 Å². The molecule has 1 heterocycles. The van der Waals surface area contributed by atoms with Crippen molar-refractivity contribution in [1.82, 2.24) is 4.57 Å². The summed E-state index contributed by atoms with van der Waals surface area (Å²) in [5.41, 5.74) is 4.07. The Balaban J connectivity index is 2.40. The minimum Gasteiger partial charge on any atom is -0.284 e. The van der Waals surface area contributed by atoms with E-state index in [4.69, 9.17) is 0 Å². The van der Waals surface area contributed by atoms with E-state index < -0.39 is 0 Å². The molecule has 0 saturated carbocycles. The smallest absolute Gasteiger partial charge is 0.255 e. The van der Waals surface area contributed by atoms with Gasteiger partial charge in [-0.05, 0) is 31.0 Å². The zero-order valence-electron chi connectivity index (χ0n) is 12.2. The number of rotatable bonds is 2. The Morgan fingerprint density at radius 3 is 2.33 bits per heavy atom. The summed E-state index contributed by atoms with van der Waals surface area (Å²) in [5.74, 6) is 0. The quantitative estimate of drug-likeness (QED) is 0.672. The predicted molar refractivity (Wildman–Crippen MR) is 89.3 cm³/mol. The first-order chi connectivity index (χ1) is 10.2. The second-order valence-corrected chi connectivity index (χ2v) is 5.36. The molecule has 0 amide bonds. The summed E-state index contributed by atoms with van der Waals surface area (Å²) >= 11 is 0. The van der Waals surface area contributed by atoms with Crippen LogP contribution in [0.25, 0.3) is 28.2 Å². The molecule has 3 rings (SSSR count). The second kappa shape index (κ2) is 5.41. The fraction of sp³-hybridized carbons (Fsp3) is 0.105. The summed E-state index contributed by atoms with van der Waals surface area (Å²) in [5, 5.41) is 1.08. The van der Waals surface area contributed by atoms with Gasteiger partial charge in [-0.3, -0.25) is 9.36 Å². The highest BCUT2D eigenvalue weighted by molar-refractivity contribution is 5.95. The van der Waals surface area contributed by atoms with Gasteiger partial charge in [0.25, 0.3) is 5.56 Å². The lowest BCUT2D eigenvalue weighted by Crippen LogP contribution is -2.15. The molecule has 0 N–H and O–H groups in total. The lowest BCUT2D eigenvalue weighted by Gasteiger charge is -2.11. The minimum atomic E-state index is -0.00578. The molecule has 0 bridgehead atoms. The van der Waals surface area contributed by atoms with E-state index in [2.05, 4.69) is 6.07 Å². The molecular formula is C19H17NO. The molecule has 1 aromatic heterocycles. The third-order valence-electron chi connectivity index (χ3n) is 3.43. The number of pyridine rings is 1. The van der Waals surface area contributed by atoms with E-state index in [0.29, 0.717) is 0 Å². The minimum absolute atomic E-state index is 0.00578. The van der Waals surface area contributed by atoms with Gasteiger partial charge in [-0.25, -0.2) is 0 Å². The summed E-state index contributed by atoms with van der Waals surface area (Å²) in [6, 6.07) is 19.8. The molecule has 0 aliphatic rings. The number of para-hydroxylation sites is 1. The molecule has 21 heavy (non-hydrogen) atoms. The first-order valence-corrected chi connectivity index (χ1v) is 7.01. The Hall–Kier alpha value is -2.61. The monoisotopic (exact) mass is 275 g/mol. The molecule has 0 radical (unpaired) electrons. The topological polar surface area (TPSA) is 22.0 Å². The van der Waals surface area contributed by atoms with Crippen molar-refractivity contribution in [2.45, 2.75) is 13.8 Å². The van der Waals surface area contributed by atoms with Gasteiger partial charge in [0.2, 0.25) is 0 Å². The molecule has 3 aromatic rings. The molecule has 0 saturated heterocycles. The highest BCUT2D eigenvalue weighted by Crippen LogP contribution is 2.27. The molecule has 2 nitrogen and oxygen atoms in total. The molecule has 2 aromatic carbocycles. The second-order valence-electron chi connectivity index (χ2n) is 5.36. The van der Waals surface area contributed by atoms with Crippen LogP contribution in [0.15, 0.2) is 71.0 Å². The van der Waals surface area contributed by atoms with E-state index in [9.17, 15) is 4.79 Å². The molecule has 0 fully saturated rings. The molecule has 0 atom stereocenters. The van der Waals surface area contributed by atoms with Crippen LogP contribution in [0.5, 0.6) is 0 Å². The Labute approximate surface area is 124 Å². The number of benzene rings is 2. The fourth-order valence-corrected chi connectivity index (χ4v) is 2.55. The third kappa shape index (κ3) is 2.52. The van der Waals surface area contributed by atoms with Crippen molar-refractivity contribution in [2.24, 2.45) is 0 Å². The van der Waals surface area contributed by atoms with Crippen molar-refractivity contribution in [2.75, 3.05) is 0 Å². The number of hydrogen-bond donors (Lipinski definition) is 0. The van der Waals surface area contributed by atoms with Crippen molar-refractivity contribution >= 4 is 17.1 Å². The maximum Gasteiger partial charge on any atom is 0.255 e. The number of allylic oxidation sites excluding steroid dienone is 1. The lowest BCUT2D eigenvalue weighted by atomic mass is 10.0. The summed E-state index contributed by atoms with van der Waals surface area (Å²) in [7, 11) is 0. The van der Waals surface area contributed by atoms with E-state index in [1.807, 2.05) is 68.6 Å². The van der Waals surface area contributed by atoms with E-state index in [1.54, 1.807) is 10.6 Å². The molecule has 2 heteroatoms. The van der Waals surface area contributed by atoms with Crippen LogP contribution in [-0.4, -0.2) is 4.57 Å². The van der Waals surface area contributed by atoms with E-state index in [0.717, 1.165) is 27.6 Å². The lowest BCUT2D eigenvalue weighted by molar-refractivity contribution is 1.10. The average Bonchev–Trinajstić information content (AvgIpc) is 2.50. The molecular weight excluding hydrogens is 258 g/mol. The maximum atomic E-state index is 12.5. The van der Waals surface area contributed by atoms with Crippen LogP contribution in [0.1, 0.15) is 13.8 Å². The SMILES string of the molecule is CC(C)=Cn1c(=O)cc(-c2ccccc2)c2ccccc21. The summed E-state index contributed by atoms with van der Waals surface area (Å²) in [6.07, 6.45) is 1.89. The zero-order chi connectivity index (χ0) is 14.8. The standard InChI is InChI=1S/C19H17NO/c1-14(2)13-20-18-11-7-6-10-16(18)17(12-19(20)21)15-8-4-3-5-9-15/h3-13H,1-2H3. The summed E-state index contributed by atoms with van der Waals surface area (Å²) in [4.78, 5) is 12.5. The molecule has 0 aliphatic carbocycles. The highest BCUT2D eigenvalue weighted by Gasteiger charge is 2.08. The number of fused-ring (bicyclic) bond motifs is 1. The Bertz CT molecular complexity index is 869. The van der Waals surface area contributed by atoms with Crippen LogP contribution in [-0.2, 0) is 0 Å². The van der Waals surface area contributed by atoms with Crippen molar-refractivity contribution in [3.05, 3.63) is 76.6 Å². The van der Waals surface area contributed by atoms with Gasteiger partial charge in [-0.15, -0.1) is 0 Å². The van der Waals surface area contributed by atoms with E-state index >= 15 is 0 Å². The largest absolute Gasteiger partial charge is 0.284 e. The van der Waals surface area contributed by atoms with Gasteiger partial charge in [0.1, 0.15) is 0 Å². The maximum absolute atomic E-state index is 12.5. The average molecular weight is 275 g/mol. The van der Waals surface area contributed by atoms with Crippen molar-refractivity contribution in [3.63, 3.8) is 0 Å². The molecule has 0 unspecified atom stereocenters. The normalized spacial score (nSPS) is 10.6. The predicted octanol–water partition coefficient (Wildman–Crippen LogP) is 4.55. The Kier molecular flexibility index (Phi) is 3.44. The number of nitrogens with zero attached hydrogens (tertiary/aromatic N) is 1. The van der Waals surface area contributed by atoms with Crippen molar-refractivity contribution < 1.29 is 0 Å². The molecule has 104 valence electrons. The van der Waals surface area contributed by atoms with Crippen LogP contribution >= 0.6 is 0 Å². The van der Waals surface area contributed by atoms with Gasteiger partial charge in [0, 0.05) is 17.7 Å². The van der Waals surface area contributed by atoms with Crippen molar-refractivity contribution in [3.8, 4) is 11.1 Å². The van der Waals surface area contributed by atoms with Gasteiger partial charge in [0.05, 0.1) is 5.52 Å². The Morgan fingerprint density at radius 2 is 1.62 bits per heavy atom. The van der Waals surface area contributed by atoms with E-state index in [1.165, 1.54) is 0 Å². The molecule has 0 aliphatic heterocycles. The van der Waals surface area contributed by atoms with Crippen molar-refractivity contribution in [1.29, 1.82) is 0 Å². The zero-order valence-corrected chi connectivity index (χ0v) is 12.2. The van der Waals surface area contributed by atoms with Crippen LogP contribution in [0.2, 0.25) is 0 Å². The number of hydrogen-bond acceptors (Lipinski definition) is 1. The van der Waals surface area contributed by atoms with Gasteiger partial charge in [-0.2, -0.15) is 0 Å². The van der Waals surface area contributed by atoms with Crippen LogP contribution < -0.4 is 5.56 Å². The molecule has 0 spiro atoms. The summed E-state index contributed by atoms with van der Waals surface area (Å²) < 4.78 is 1.72. The first-order valence-electron chi connectivity index (χ1n) is 7.01. The van der Waals surface area contributed by atoms with Crippen LogP contribution in [0.3, 0.4) is 0 Å². The van der Waals surface area contributed by atoms with E-state index in [-0.39, 0.29) is 5.56 Å². The van der Waals surface area contributed by atoms with Gasteiger partial charge in [0.15, 0.2) is 0 Å². The van der Waals surface area contributed by atoms with Gasteiger partial charge < -0.3 is 0 Å². The van der Waals surface area contributed by atoms with Gasteiger partial charge >= 0.3 is 0 Å². The fourth-order valence-electron chi connectivity index (χ4n) is 2.55. The Morgan fingerprint density at radius 1 is 0.952 bits per heavy atom. The summed E-state index contributed by atoms with van der Waals surface area (Å²) in [6.45, 7) is 3.98. The number of aromatic nitrogens is 1. The van der Waals surface area contributed by atoms with Crippen LogP contribution in [0, 0.1) is 0 Å². The highest BCUT2D eigenvalue weighted by atomic mass is 16.1. The van der Waals surface area contributed by atoms with Crippen LogP contribution in [0.4, 0.5) is 0 Å². The first kappa shape index (κ1) is 13.4.